The number of carbonyl (C=O) groups is 2. The lowest BCUT2D eigenvalue weighted by atomic mass is 9.89. The van der Waals surface area contributed by atoms with Crippen molar-refractivity contribution in [2.45, 2.75) is 37.6 Å². The van der Waals surface area contributed by atoms with E-state index >= 15 is 0 Å². The van der Waals surface area contributed by atoms with Gasteiger partial charge in [-0.15, -0.1) is 0 Å². The number of carbonyl (C=O) groups excluding carboxylic acids is 2. The van der Waals surface area contributed by atoms with Gasteiger partial charge in [0.05, 0.1) is 5.56 Å². The van der Waals surface area contributed by atoms with E-state index in [1.165, 1.54) is 11.8 Å². The molecule has 0 spiro atoms. The molecule has 8 heteroatoms. The van der Waals surface area contributed by atoms with E-state index < -0.39 is 5.91 Å². The minimum atomic E-state index is -0.542. The highest BCUT2D eigenvalue weighted by atomic mass is 16.1. The van der Waals surface area contributed by atoms with Crippen LogP contribution in [0.4, 0.5) is 17.5 Å². The number of nitrogens with two attached hydrogens (primary N) is 1. The van der Waals surface area contributed by atoms with Crippen LogP contribution in [-0.2, 0) is 4.79 Å². The second-order valence-corrected chi connectivity index (χ2v) is 7.40. The molecule has 146 valence electrons. The maximum atomic E-state index is 11.6. The van der Waals surface area contributed by atoms with Gasteiger partial charge in [0.25, 0.3) is 5.91 Å². The summed E-state index contributed by atoms with van der Waals surface area (Å²) in [4.78, 5) is 32.9. The Hall–Kier alpha value is -3.16. The second kappa shape index (κ2) is 7.84. The zero-order chi connectivity index (χ0) is 19.5. The summed E-state index contributed by atoms with van der Waals surface area (Å²) in [6.07, 6.45) is 6.49. The zero-order valence-corrected chi connectivity index (χ0v) is 15.6. The minimum absolute atomic E-state index is 0.300. The van der Waals surface area contributed by atoms with Crippen LogP contribution in [0.15, 0.2) is 30.5 Å². The van der Waals surface area contributed by atoms with Gasteiger partial charge in [-0.2, -0.15) is 4.98 Å². The first kappa shape index (κ1) is 18.2. The summed E-state index contributed by atoms with van der Waals surface area (Å²) in [6.45, 7) is 1.62. The first-order chi connectivity index (χ1) is 13.6. The Kier molecular flexibility index (Phi) is 5.10. The van der Waals surface area contributed by atoms with Crippen LogP contribution in [0.3, 0.4) is 0 Å². The smallest absolute Gasteiger partial charge is 0.254 e. The van der Waals surface area contributed by atoms with Crippen LogP contribution in [0.25, 0.3) is 0 Å². The number of nitrogens with zero attached hydrogens (tertiary/aromatic N) is 3. The average molecular weight is 380 g/mol. The lowest BCUT2D eigenvalue weighted by Gasteiger charge is -2.29. The molecular formula is C20H24N6O2. The number of hydrogen-bond acceptors (Lipinski definition) is 6. The number of likely N-dealkylation sites (tertiary alicyclic amines) is 1. The molecule has 4 rings (SSSR count). The quantitative estimate of drug-likeness (QED) is 0.635. The molecule has 2 heterocycles. The number of primary amides is 1. The van der Waals surface area contributed by atoms with Crippen LogP contribution in [0, 0.1) is 0 Å². The van der Waals surface area contributed by atoms with E-state index in [1.54, 1.807) is 0 Å². The van der Waals surface area contributed by atoms with Crippen molar-refractivity contribution >= 4 is 29.8 Å². The number of benzene rings is 1. The SMILES string of the molecule is NC(=O)c1cnc(Nc2ccc(C3CCN(C=O)CC3)cc2)nc1NC1CC1. The van der Waals surface area contributed by atoms with Crippen molar-refractivity contribution < 1.29 is 9.59 Å². The van der Waals surface area contributed by atoms with Crippen molar-refractivity contribution in [3.05, 3.63) is 41.6 Å². The minimum Gasteiger partial charge on any atom is -0.367 e. The molecule has 2 fully saturated rings. The zero-order valence-electron chi connectivity index (χ0n) is 15.6. The molecule has 1 aliphatic carbocycles. The Morgan fingerprint density at radius 1 is 1.14 bits per heavy atom. The number of amides is 2. The standard InChI is InChI=1S/C20H24N6O2/c21-18(28)17-11-22-20(25-19(17)23-15-5-6-15)24-16-3-1-13(2-4-16)14-7-9-26(12-27)10-8-14/h1-4,11-12,14-15H,5-10H2,(H2,21,28)(H2,22,23,24,25). The highest BCUT2D eigenvalue weighted by Gasteiger charge is 2.24. The first-order valence-electron chi connectivity index (χ1n) is 9.62. The maximum absolute atomic E-state index is 11.6. The molecule has 1 saturated carbocycles. The normalized spacial score (nSPS) is 17.2. The van der Waals surface area contributed by atoms with E-state index in [4.69, 9.17) is 5.73 Å². The number of rotatable bonds is 7. The summed E-state index contributed by atoms with van der Waals surface area (Å²) in [5.74, 6) is 0.830. The molecule has 2 aromatic rings. The van der Waals surface area contributed by atoms with Gasteiger partial charge in [0.2, 0.25) is 12.4 Å². The van der Waals surface area contributed by atoms with E-state index in [0.717, 1.165) is 50.9 Å². The Morgan fingerprint density at radius 2 is 1.86 bits per heavy atom. The van der Waals surface area contributed by atoms with E-state index in [-0.39, 0.29) is 0 Å². The number of nitrogens with one attached hydrogen (secondary N) is 2. The van der Waals surface area contributed by atoms with E-state index in [2.05, 4.69) is 32.7 Å². The van der Waals surface area contributed by atoms with Crippen LogP contribution in [0.1, 0.15) is 47.5 Å². The van der Waals surface area contributed by atoms with Gasteiger partial charge in [0, 0.05) is 31.0 Å². The van der Waals surface area contributed by atoms with Crippen molar-refractivity contribution in [2.75, 3.05) is 23.7 Å². The summed E-state index contributed by atoms with van der Waals surface area (Å²) in [7, 11) is 0. The lowest BCUT2D eigenvalue weighted by Crippen LogP contribution is -2.31. The molecule has 28 heavy (non-hydrogen) atoms. The third-order valence-corrected chi connectivity index (χ3v) is 5.29. The fourth-order valence-corrected chi connectivity index (χ4v) is 3.46. The average Bonchev–Trinajstić information content (AvgIpc) is 3.53. The lowest BCUT2D eigenvalue weighted by molar-refractivity contribution is -0.119. The van der Waals surface area contributed by atoms with Crippen molar-refractivity contribution in [2.24, 2.45) is 5.73 Å². The largest absolute Gasteiger partial charge is 0.367 e. The van der Waals surface area contributed by atoms with Gasteiger partial charge in [-0.25, -0.2) is 4.98 Å². The molecular weight excluding hydrogens is 356 g/mol. The van der Waals surface area contributed by atoms with E-state index in [1.807, 2.05) is 17.0 Å². The second-order valence-electron chi connectivity index (χ2n) is 7.40. The molecule has 1 aliphatic heterocycles. The first-order valence-corrected chi connectivity index (χ1v) is 9.62. The molecule has 0 bridgehead atoms. The van der Waals surface area contributed by atoms with Crippen LogP contribution in [-0.4, -0.2) is 46.3 Å². The van der Waals surface area contributed by atoms with Gasteiger partial charge in [-0.3, -0.25) is 9.59 Å². The highest BCUT2D eigenvalue weighted by Crippen LogP contribution is 2.29. The Labute approximate surface area is 163 Å². The van der Waals surface area contributed by atoms with E-state index in [9.17, 15) is 9.59 Å². The van der Waals surface area contributed by atoms with Gasteiger partial charge in [-0.05, 0) is 49.3 Å². The predicted molar refractivity (Wildman–Crippen MR) is 107 cm³/mol. The Bertz CT molecular complexity index is 857. The van der Waals surface area contributed by atoms with Gasteiger partial charge in [0.1, 0.15) is 5.82 Å². The molecule has 1 saturated heterocycles. The van der Waals surface area contributed by atoms with Crippen molar-refractivity contribution in [3.63, 3.8) is 0 Å². The highest BCUT2D eigenvalue weighted by molar-refractivity contribution is 5.97. The fourth-order valence-electron chi connectivity index (χ4n) is 3.46. The van der Waals surface area contributed by atoms with Crippen LogP contribution < -0.4 is 16.4 Å². The van der Waals surface area contributed by atoms with Crippen molar-refractivity contribution in [1.82, 2.24) is 14.9 Å². The molecule has 2 amide bonds. The molecule has 4 N–H and O–H groups in total. The predicted octanol–water partition coefficient (Wildman–Crippen LogP) is 2.23. The third-order valence-electron chi connectivity index (χ3n) is 5.29. The molecule has 2 aliphatic rings. The number of aromatic nitrogens is 2. The van der Waals surface area contributed by atoms with Crippen LogP contribution in [0.2, 0.25) is 0 Å². The number of anilines is 3. The fraction of sp³-hybridized carbons (Fsp3) is 0.400. The molecule has 8 nitrogen and oxygen atoms in total. The molecule has 0 radical (unpaired) electrons. The Morgan fingerprint density at radius 3 is 2.46 bits per heavy atom. The maximum Gasteiger partial charge on any atom is 0.254 e. The van der Waals surface area contributed by atoms with Gasteiger partial charge in [-0.1, -0.05) is 12.1 Å². The van der Waals surface area contributed by atoms with Gasteiger partial charge < -0.3 is 21.3 Å². The topological polar surface area (TPSA) is 113 Å². The summed E-state index contributed by atoms with van der Waals surface area (Å²) in [5, 5.41) is 6.41. The summed E-state index contributed by atoms with van der Waals surface area (Å²) >= 11 is 0. The van der Waals surface area contributed by atoms with Gasteiger partial charge >= 0.3 is 0 Å². The number of piperidine rings is 1. The van der Waals surface area contributed by atoms with Crippen LogP contribution >= 0.6 is 0 Å². The van der Waals surface area contributed by atoms with Crippen molar-refractivity contribution in [3.8, 4) is 0 Å². The Balaban J connectivity index is 1.44. The summed E-state index contributed by atoms with van der Waals surface area (Å²) in [5.41, 5.74) is 7.87. The van der Waals surface area contributed by atoms with Gasteiger partial charge in [0.15, 0.2) is 0 Å². The molecule has 0 atom stereocenters. The molecule has 1 aromatic carbocycles. The van der Waals surface area contributed by atoms with E-state index in [0.29, 0.717) is 29.3 Å². The molecule has 1 aromatic heterocycles. The number of hydrogen-bond donors (Lipinski definition) is 3. The third kappa shape index (κ3) is 4.21. The van der Waals surface area contributed by atoms with Crippen LogP contribution in [0.5, 0.6) is 0 Å². The summed E-state index contributed by atoms with van der Waals surface area (Å²) < 4.78 is 0. The summed E-state index contributed by atoms with van der Waals surface area (Å²) in [6, 6.07) is 8.56. The van der Waals surface area contributed by atoms with Crippen molar-refractivity contribution in [1.29, 1.82) is 0 Å². The molecule has 0 unspecified atom stereocenters. The monoisotopic (exact) mass is 380 g/mol.